The topological polar surface area (TPSA) is 93.1 Å². The number of esters is 2. The van der Waals surface area contributed by atoms with Crippen LogP contribution in [0.15, 0.2) is 35.5 Å². The first-order chi connectivity index (χ1) is 11.9. The molecule has 2 rings (SSSR count). The third-order valence-corrected chi connectivity index (χ3v) is 4.57. The predicted molar refractivity (Wildman–Crippen MR) is 91.4 cm³/mol. The summed E-state index contributed by atoms with van der Waals surface area (Å²) in [6.07, 6.45) is 3.88. The number of fused-ring (bicyclic) bond motifs is 1. The van der Waals surface area contributed by atoms with Gasteiger partial charge in [0.2, 0.25) is 0 Å². The zero-order valence-electron chi connectivity index (χ0n) is 14.7. The lowest BCUT2D eigenvalue weighted by atomic mass is 9.85. The fourth-order valence-electron chi connectivity index (χ4n) is 3.09. The summed E-state index contributed by atoms with van der Waals surface area (Å²) in [5.74, 6) is -1.76. The Morgan fingerprint density at radius 2 is 2.04 bits per heavy atom. The van der Waals surface area contributed by atoms with Crippen molar-refractivity contribution in [3.8, 4) is 0 Å². The summed E-state index contributed by atoms with van der Waals surface area (Å²) >= 11 is 0. The van der Waals surface area contributed by atoms with Crippen LogP contribution in [0.1, 0.15) is 33.1 Å². The predicted octanol–water partition coefficient (Wildman–Crippen LogP) is 1.67. The van der Waals surface area contributed by atoms with Crippen molar-refractivity contribution in [2.45, 2.75) is 45.3 Å². The summed E-state index contributed by atoms with van der Waals surface area (Å²) in [5.41, 5.74) is 1.71. The molecule has 0 bridgehead atoms. The fraction of sp³-hybridized carbons (Fsp3) is 0.579. The van der Waals surface area contributed by atoms with E-state index in [9.17, 15) is 19.8 Å². The van der Waals surface area contributed by atoms with Crippen molar-refractivity contribution in [2.75, 3.05) is 13.2 Å². The highest BCUT2D eigenvalue weighted by molar-refractivity contribution is 5.91. The maximum absolute atomic E-state index is 12.1. The average molecular weight is 350 g/mol. The zero-order chi connectivity index (χ0) is 18.6. The van der Waals surface area contributed by atoms with Crippen molar-refractivity contribution in [2.24, 2.45) is 11.8 Å². The standard InChI is InChI=1S/C19H26O6/c1-11(2)18(22)24-15-7-13(9-20)5-4-6-14(10-21)8-16-17(15)12(3)19(23)25-16/h5,8,11,15-17,20-21H,3-4,6-7,9-10H2,1-2H3/t15-,16-,17-/m1/s1. The molecular formula is C19H26O6. The van der Waals surface area contributed by atoms with Crippen LogP contribution < -0.4 is 0 Å². The third-order valence-electron chi connectivity index (χ3n) is 4.57. The number of carbonyl (C=O) groups excluding carboxylic acids is 2. The molecule has 2 aliphatic rings. The van der Waals surface area contributed by atoms with E-state index in [0.29, 0.717) is 19.3 Å². The number of carbonyl (C=O) groups is 2. The van der Waals surface area contributed by atoms with Gasteiger partial charge < -0.3 is 19.7 Å². The third kappa shape index (κ3) is 4.58. The smallest absolute Gasteiger partial charge is 0.334 e. The van der Waals surface area contributed by atoms with Crippen LogP contribution in [-0.4, -0.2) is 47.6 Å². The van der Waals surface area contributed by atoms with Crippen molar-refractivity contribution in [3.63, 3.8) is 0 Å². The van der Waals surface area contributed by atoms with Crippen LogP contribution in [0.5, 0.6) is 0 Å². The lowest BCUT2D eigenvalue weighted by Crippen LogP contribution is -2.35. The van der Waals surface area contributed by atoms with Crippen molar-refractivity contribution in [1.82, 2.24) is 0 Å². The Morgan fingerprint density at radius 3 is 2.64 bits per heavy atom. The molecule has 0 spiro atoms. The molecule has 1 aliphatic heterocycles. The lowest BCUT2D eigenvalue weighted by Gasteiger charge is -2.28. The number of aliphatic hydroxyl groups excluding tert-OH is 2. The molecule has 1 saturated heterocycles. The first-order valence-corrected chi connectivity index (χ1v) is 8.56. The molecule has 3 atom stereocenters. The van der Waals surface area contributed by atoms with Gasteiger partial charge >= 0.3 is 11.9 Å². The number of rotatable bonds is 4. The summed E-state index contributed by atoms with van der Waals surface area (Å²) in [6.45, 7) is 6.97. The highest BCUT2D eigenvalue weighted by Gasteiger charge is 2.44. The van der Waals surface area contributed by atoms with E-state index in [4.69, 9.17) is 9.47 Å². The van der Waals surface area contributed by atoms with Crippen LogP contribution in [0.3, 0.4) is 0 Å². The molecule has 0 aromatic carbocycles. The van der Waals surface area contributed by atoms with E-state index in [1.165, 1.54) is 0 Å². The van der Waals surface area contributed by atoms with E-state index >= 15 is 0 Å². The quantitative estimate of drug-likeness (QED) is 0.455. The maximum Gasteiger partial charge on any atom is 0.334 e. The first kappa shape index (κ1) is 19.4. The maximum atomic E-state index is 12.1. The highest BCUT2D eigenvalue weighted by atomic mass is 16.6. The van der Waals surface area contributed by atoms with Crippen LogP contribution in [0.25, 0.3) is 0 Å². The van der Waals surface area contributed by atoms with Crippen LogP contribution in [-0.2, 0) is 19.1 Å². The molecule has 25 heavy (non-hydrogen) atoms. The molecule has 1 heterocycles. The Morgan fingerprint density at radius 1 is 1.36 bits per heavy atom. The van der Waals surface area contributed by atoms with E-state index in [1.54, 1.807) is 19.9 Å². The second-order valence-electron chi connectivity index (χ2n) is 6.80. The van der Waals surface area contributed by atoms with Gasteiger partial charge in [0.15, 0.2) is 0 Å². The molecule has 2 N–H and O–H groups in total. The van der Waals surface area contributed by atoms with E-state index in [0.717, 1.165) is 11.1 Å². The second-order valence-corrected chi connectivity index (χ2v) is 6.80. The Kier molecular flexibility index (Phi) is 6.56. The van der Waals surface area contributed by atoms with E-state index < -0.39 is 24.1 Å². The molecule has 0 radical (unpaired) electrons. The summed E-state index contributed by atoms with van der Waals surface area (Å²) in [7, 11) is 0. The fourth-order valence-corrected chi connectivity index (χ4v) is 3.09. The number of ether oxygens (including phenoxy) is 2. The van der Waals surface area contributed by atoms with Crippen molar-refractivity contribution < 1.29 is 29.3 Å². The molecule has 0 amide bonds. The zero-order valence-corrected chi connectivity index (χ0v) is 14.7. The van der Waals surface area contributed by atoms with Crippen molar-refractivity contribution in [3.05, 3.63) is 35.5 Å². The summed E-state index contributed by atoms with van der Waals surface area (Å²) in [6, 6.07) is 0. The molecule has 0 unspecified atom stereocenters. The Hall–Kier alpha value is -1.92. The minimum absolute atomic E-state index is 0.147. The Bertz CT molecular complexity index is 601. The van der Waals surface area contributed by atoms with Crippen molar-refractivity contribution >= 4 is 11.9 Å². The molecule has 0 saturated carbocycles. The number of allylic oxidation sites excluding steroid dienone is 1. The van der Waals surface area contributed by atoms with E-state index in [1.807, 2.05) is 6.08 Å². The minimum Gasteiger partial charge on any atom is -0.461 e. The largest absolute Gasteiger partial charge is 0.461 e. The Balaban J connectivity index is 2.41. The van der Waals surface area contributed by atoms with Gasteiger partial charge in [0.05, 0.1) is 25.0 Å². The van der Waals surface area contributed by atoms with Gasteiger partial charge in [0.25, 0.3) is 0 Å². The van der Waals surface area contributed by atoms with Gasteiger partial charge in [-0.15, -0.1) is 0 Å². The highest BCUT2D eigenvalue weighted by Crippen LogP contribution is 2.36. The van der Waals surface area contributed by atoms with Gasteiger partial charge in [-0.2, -0.15) is 0 Å². The van der Waals surface area contributed by atoms with Crippen LogP contribution >= 0.6 is 0 Å². The number of hydrogen-bond donors (Lipinski definition) is 2. The van der Waals surface area contributed by atoms with Crippen LogP contribution in [0.4, 0.5) is 0 Å². The van der Waals surface area contributed by atoms with Gasteiger partial charge in [-0.1, -0.05) is 26.5 Å². The van der Waals surface area contributed by atoms with E-state index in [-0.39, 0.29) is 30.7 Å². The molecule has 1 fully saturated rings. The van der Waals surface area contributed by atoms with Gasteiger partial charge in [0.1, 0.15) is 12.2 Å². The first-order valence-electron chi connectivity index (χ1n) is 8.56. The van der Waals surface area contributed by atoms with Crippen LogP contribution in [0.2, 0.25) is 0 Å². The molecule has 138 valence electrons. The summed E-state index contributed by atoms with van der Waals surface area (Å²) in [5, 5.41) is 19.2. The molecule has 6 nitrogen and oxygen atoms in total. The summed E-state index contributed by atoms with van der Waals surface area (Å²) in [4.78, 5) is 24.2. The second kappa shape index (κ2) is 8.45. The van der Waals surface area contributed by atoms with Gasteiger partial charge in [-0.25, -0.2) is 4.79 Å². The minimum atomic E-state index is -0.661. The molecule has 0 aromatic rings. The molecular weight excluding hydrogens is 324 g/mol. The average Bonchev–Trinajstić information content (AvgIpc) is 2.85. The molecule has 0 aromatic heterocycles. The molecule has 6 heteroatoms. The number of aliphatic hydroxyl groups is 2. The number of hydrogen-bond acceptors (Lipinski definition) is 6. The summed E-state index contributed by atoms with van der Waals surface area (Å²) < 4.78 is 11.0. The van der Waals surface area contributed by atoms with Gasteiger partial charge in [-0.3, -0.25) is 4.79 Å². The van der Waals surface area contributed by atoms with Gasteiger partial charge in [-0.05, 0) is 30.1 Å². The van der Waals surface area contributed by atoms with Crippen molar-refractivity contribution in [1.29, 1.82) is 0 Å². The van der Waals surface area contributed by atoms with Crippen LogP contribution in [0, 0.1) is 11.8 Å². The lowest BCUT2D eigenvalue weighted by molar-refractivity contribution is -0.155. The van der Waals surface area contributed by atoms with Gasteiger partial charge in [0, 0.05) is 12.0 Å². The Labute approximate surface area is 147 Å². The SMILES string of the molecule is C=C1C(=O)O[C@@H]2C=C(CO)CCC=C(CO)C[C@@H](OC(=O)C(C)C)[C@@H]12. The van der Waals surface area contributed by atoms with E-state index in [2.05, 4.69) is 6.58 Å². The molecule has 1 aliphatic carbocycles. The monoisotopic (exact) mass is 350 g/mol. The normalized spacial score (nSPS) is 27.3.